The van der Waals surface area contributed by atoms with Crippen LogP contribution in [0.3, 0.4) is 0 Å². The van der Waals surface area contributed by atoms with E-state index in [9.17, 15) is 9.59 Å². The number of hydrogen-bond donors (Lipinski definition) is 1. The highest BCUT2D eigenvalue weighted by Crippen LogP contribution is 2.15. The molecule has 1 aliphatic heterocycles. The van der Waals surface area contributed by atoms with Gasteiger partial charge >= 0.3 is 5.97 Å². The van der Waals surface area contributed by atoms with Gasteiger partial charge in [0.1, 0.15) is 0 Å². The summed E-state index contributed by atoms with van der Waals surface area (Å²) in [4.78, 5) is 21.7. The number of carbonyl (C=O) groups excluding carboxylic acids is 2. The van der Waals surface area contributed by atoms with Crippen LogP contribution in [0.25, 0.3) is 0 Å². The van der Waals surface area contributed by atoms with E-state index in [1.54, 1.807) is 0 Å². The first-order valence-corrected chi connectivity index (χ1v) is 3.85. The molecule has 1 fully saturated rings. The molecular weight excluding hydrogens is 158 g/mol. The number of methoxy groups -OCH3 is 1. The van der Waals surface area contributed by atoms with E-state index < -0.39 is 5.92 Å². The Morgan fingerprint density at radius 2 is 2.50 bits per heavy atom. The van der Waals surface area contributed by atoms with Gasteiger partial charge in [0.2, 0.25) is 5.91 Å². The largest absolute Gasteiger partial charge is 0.469 e. The lowest BCUT2D eigenvalue weighted by atomic mass is 10.0. The molecule has 0 aromatic rings. The van der Waals surface area contributed by atoms with Crippen molar-refractivity contribution in [3.63, 3.8) is 0 Å². The highest BCUT2D eigenvalue weighted by atomic mass is 16.5. The highest BCUT2D eigenvalue weighted by Gasteiger charge is 2.30. The van der Waals surface area contributed by atoms with Crippen molar-refractivity contribution >= 4 is 11.9 Å². The lowest BCUT2D eigenvalue weighted by Gasteiger charge is -2.15. The molecule has 0 spiro atoms. The fourth-order valence-electron chi connectivity index (χ4n) is 1.26. The van der Waals surface area contributed by atoms with Gasteiger partial charge in [-0.15, -0.1) is 0 Å². The Morgan fingerprint density at radius 3 is 2.92 bits per heavy atom. The molecule has 0 aromatic carbocycles. The summed E-state index contributed by atoms with van der Waals surface area (Å²) in [5.74, 6) is -0.874. The maximum absolute atomic E-state index is 11.0. The van der Waals surface area contributed by atoms with Crippen molar-refractivity contribution < 1.29 is 14.3 Å². The normalized spacial score (nSPS) is 24.8. The molecule has 0 bridgehead atoms. The average Bonchev–Trinajstić information content (AvgIpc) is 2.49. The van der Waals surface area contributed by atoms with Crippen molar-refractivity contribution in [2.45, 2.75) is 18.9 Å². The van der Waals surface area contributed by atoms with Crippen molar-refractivity contribution in [2.24, 2.45) is 5.92 Å². The van der Waals surface area contributed by atoms with Crippen LogP contribution in [0.2, 0.25) is 0 Å². The van der Waals surface area contributed by atoms with Crippen LogP contribution in [0, 0.1) is 12.8 Å². The number of amides is 1. The summed E-state index contributed by atoms with van der Waals surface area (Å²) in [6.45, 7) is 3.64. The second kappa shape index (κ2) is 3.56. The fourth-order valence-corrected chi connectivity index (χ4v) is 1.26. The summed E-state index contributed by atoms with van der Waals surface area (Å²) in [6, 6.07) is -0.148. The van der Waals surface area contributed by atoms with Crippen LogP contribution in [-0.2, 0) is 14.3 Å². The van der Waals surface area contributed by atoms with Gasteiger partial charge in [-0.05, 0) is 13.3 Å². The molecule has 4 heteroatoms. The van der Waals surface area contributed by atoms with Crippen molar-refractivity contribution in [3.05, 3.63) is 6.92 Å². The van der Waals surface area contributed by atoms with E-state index in [1.807, 2.05) is 0 Å². The molecular formula is C8H12NO3. The zero-order valence-corrected chi connectivity index (χ0v) is 7.00. The molecule has 1 rings (SSSR count). The molecule has 0 aliphatic carbocycles. The molecule has 1 aliphatic rings. The third-order valence-corrected chi connectivity index (χ3v) is 2.02. The summed E-state index contributed by atoms with van der Waals surface area (Å²) in [7, 11) is 1.32. The SMILES string of the molecule is [CH2]C(C(=O)OC)C1CCC(=O)N1. The van der Waals surface area contributed by atoms with E-state index >= 15 is 0 Å². The van der Waals surface area contributed by atoms with Gasteiger partial charge < -0.3 is 10.1 Å². The van der Waals surface area contributed by atoms with Gasteiger partial charge in [0.15, 0.2) is 0 Å². The quantitative estimate of drug-likeness (QED) is 0.588. The Bertz CT molecular complexity index is 202. The van der Waals surface area contributed by atoms with E-state index in [1.165, 1.54) is 7.11 Å². The molecule has 1 saturated heterocycles. The van der Waals surface area contributed by atoms with Crippen LogP contribution in [0.1, 0.15) is 12.8 Å². The zero-order chi connectivity index (χ0) is 9.14. The van der Waals surface area contributed by atoms with Crippen LogP contribution in [0.4, 0.5) is 0 Å². The summed E-state index contributed by atoms with van der Waals surface area (Å²) >= 11 is 0. The minimum Gasteiger partial charge on any atom is -0.469 e. The zero-order valence-electron chi connectivity index (χ0n) is 7.00. The lowest BCUT2D eigenvalue weighted by molar-refractivity contribution is -0.144. The second-order valence-electron chi connectivity index (χ2n) is 2.84. The van der Waals surface area contributed by atoms with Gasteiger partial charge in [-0.2, -0.15) is 0 Å². The number of hydrogen-bond acceptors (Lipinski definition) is 3. The van der Waals surface area contributed by atoms with Crippen LogP contribution < -0.4 is 5.32 Å². The molecule has 0 aromatic heterocycles. The summed E-state index contributed by atoms with van der Waals surface area (Å²) < 4.78 is 4.51. The van der Waals surface area contributed by atoms with Crippen LogP contribution in [0.15, 0.2) is 0 Å². The summed E-state index contributed by atoms with van der Waals surface area (Å²) in [5, 5.41) is 2.67. The van der Waals surface area contributed by atoms with E-state index in [-0.39, 0.29) is 17.9 Å². The maximum atomic E-state index is 11.0. The van der Waals surface area contributed by atoms with Crippen LogP contribution >= 0.6 is 0 Å². The van der Waals surface area contributed by atoms with E-state index in [4.69, 9.17) is 0 Å². The Morgan fingerprint density at radius 1 is 1.83 bits per heavy atom. The average molecular weight is 170 g/mol. The van der Waals surface area contributed by atoms with Crippen molar-refractivity contribution in [2.75, 3.05) is 7.11 Å². The predicted molar refractivity (Wildman–Crippen MR) is 42.0 cm³/mol. The third kappa shape index (κ3) is 1.75. The number of ether oxygens (including phenoxy) is 1. The molecule has 12 heavy (non-hydrogen) atoms. The van der Waals surface area contributed by atoms with Crippen molar-refractivity contribution in [3.8, 4) is 0 Å². The molecule has 1 amide bonds. The Hall–Kier alpha value is -1.06. The number of esters is 1. The molecule has 1 heterocycles. The number of rotatable bonds is 2. The Labute approximate surface area is 71.3 Å². The summed E-state index contributed by atoms with van der Waals surface area (Å²) in [6.07, 6.45) is 1.15. The molecule has 2 atom stereocenters. The molecule has 0 saturated carbocycles. The van der Waals surface area contributed by atoms with Crippen molar-refractivity contribution in [1.82, 2.24) is 5.32 Å². The Balaban J connectivity index is 2.48. The van der Waals surface area contributed by atoms with Gasteiger partial charge in [-0.25, -0.2) is 0 Å². The minimum absolute atomic E-state index is 0.0162. The van der Waals surface area contributed by atoms with Crippen molar-refractivity contribution in [1.29, 1.82) is 0 Å². The van der Waals surface area contributed by atoms with Crippen LogP contribution in [0.5, 0.6) is 0 Å². The minimum atomic E-state index is -0.485. The van der Waals surface area contributed by atoms with Gasteiger partial charge in [0.25, 0.3) is 0 Å². The fraction of sp³-hybridized carbons (Fsp3) is 0.625. The third-order valence-electron chi connectivity index (χ3n) is 2.02. The van der Waals surface area contributed by atoms with Crippen LogP contribution in [-0.4, -0.2) is 25.0 Å². The number of carbonyl (C=O) groups is 2. The monoisotopic (exact) mass is 170 g/mol. The highest BCUT2D eigenvalue weighted by molar-refractivity contribution is 5.81. The number of nitrogens with one attached hydrogen (secondary N) is 1. The van der Waals surface area contributed by atoms with E-state index in [2.05, 4.69) is 17.0 Å². The lowest BCUT2D eigenvalue weighted by Crippen LogP contribution is -2.36. The first-order valence-electron chi connectivity index (χ1n) is 3.85. The standard InChI is InChI=1S/C8H12NO3/c1-5(8(11)12-2)6-3-4-7(10)9-6/h5-6H,1,3-4H2,2H3,(H,9,10). The first kappa shape index (κ1) is 9.03. The van der Waals surface area contributed by atoms with E-state index in [0.29, 0.717) is 12.8 Å². The molecule has 1 N–H and O–H groups in total. The Kier molecular flexibility index (Phi) is 2.68. The molecule has 2 unspecified atom stereocenters. The predicted octanol–water partition coefficient (Wildman–Crippen LogP) is -0.112. The van der Waals surface area contributed by atoms with Gasteiger partial charge in [-0.3, -0.25) is 9.59 Å². The summed E-state index contributed by atoms with van der Waals surface area (Å²) in [5.41, 5.74) is 0. The topological polar surface area (TPSA) is 55.4 Å². The van der Waals surface area contributed by atoms with Gasteiger partial charge in [-0.1, -0.05) is 0 Å². The van der Waals surface area contributed by atoms with Gasteiger partial charge in [0.05, 0.1) is 13.0 Å². The first-order chi connectivity index (χ1) is 5.65. The van der Waals surface area contributed by atoms with Gasteiger partial charge in [0, 0.05) is 12.5 Å². The molecule has 1 radical (unpaired) electrons. The molecule has 67 valence electrons. The van der Waals surface area contributed by atoms with E-state index in [0.717, 1.165) is 0 Å². The second-order valence-corrected chi connectivity index (χ2v) is 2.84. The maximum Gasteiger partial charge on any atom is 0.310 e. The molecule has 4 nitrogen and oxygen atoms in total. The smallest absolute Gasteiger partial charge is 0.310 e.